The molecule has 1 aliphatic heterocycles. The van der Waals surface area contributed by atoms with E-state index in [1.807, 2.05) is 66.9 Å². The number of hydrogen-bond acceptors (Lipinski definition) is 5. The van der Waals surface area contributed by atoms with E-state index in [-0.39, 0.29) is 11.9 Å². The molecule has 0 aliphatic carbocycles. The lowest BCUT2D eigenvalue weighted by atomic mass is 9.87. The number of aryl methyl sites for hydroxylation is 1. The molecule has 1 aromatic heterocycles. The summed E-state index contributed by atoms with van der Waals surface area (Å²) in [6.45, 7) is 1.92. The minimum atomic E-state index is -0.0502. The number of nitrogens with one attached hydrogen (secondary N) is 1. The third-order valence-electron chi connectivity index (χ3n) is 6.20. The molecular formula is C28H32N2O4. The lowest BCUT2D eigenvalue weighted by Gasteiger charge is -2.31. The number of hydrogen-bond donors (Lipinski definition) is 1. The molecule has 0 saturated carbocycles. The van der Waals surface area contributed by atoms with Crippen LogP contribution in [0.15, 0.2) is 73.1 Å². The third-order valence-corrected chi connectivity index (χ3v) is 6.20. The molecule has 0 spiro atoms. The predicted octanol–water partition coefficient (Wildman–Crippen LogP) is 4.89. The monoisotopic (exact) mass is 460 g/mol. The quantitative estimate of drug-likeness (QED) is 0.467. The molecular weight excluding hydrogens is 428 g/mol. The number of nitrogens with zero attached hydrogens (tertiary/aromatic N) is 1. The smallest absolute Gasteiger partial charge is 0.220 e. The minimum Gasteiger partial charge on any atom is -0.493 e. The Morgan fingerprint density at radius 1 is 1.06 bits per heavy atom. The van der Waals surface area contributed by atoms with Gasteiger partial charge in [0.05, 0.1) is 13.2 Å². The van der Waals surface area contributed by atoms with Gasteiger partial charge in [0, 0.05) is 32.0 Å². The molecule has 1 amide bonds. The number of methoxy groups -OCH3 is 1. The zero-order valence-corrected chi connectivity index (χ0v) is 19.6. The van der Waals surface area contributed by atoms with Gasteiger partial charge in [0.25, 0.3) is 0 Å². The number of amides is 1. The fourth-order valence-electron chi connectivity index (χ4n) is 4.31. The van der Waals surface area contributed by atoms with Crippen LogP contribution in [0.4, 0.5) is 0 Å². The number of ether oxygens (including phenoxy) is 3. The van der Waals surface area contributed by atoms with Gasteiger partial charge in [0.1, 0.15) is 6.61 Å². The molecule has 0 bridgehead atoms. The van der Waals surface area contributed by atoms with Crippen LogP contribution in [0.1, 0.15) is 42.0 Å². The van der Waals surface area contributed by atoms with Crippen LogP contribution in [0, 0.1) is 5.92 Å². The standard InChI is InChI=1S/C28H32N2O4/c1-32-25-11-9-21(18-26(25)34-20-22-6-3-2-4-7-22)10-12-27(31)30-28(23-13-16-33-17-14-23)24-8-5-15-29-19-24/h2-9,11,15,18-19,23,28H,10,12-14,16-17,20H2,1H3,(H,30,31). The van der Waals surface area contributed by atoms with Gasteiger partial charge in [-0.15, -0.1) is 0 Å². The summed E-state index contributed by atoms with van der Waals surface area (Å²) in [7, 11) is 1.63. The summed E-state index contributed by atoms with van der Waals surface area (Å²) in [6, 6.07) is 19.8. The van der Waals surface area contributed by atoms with Crippen molar-refractivity contribution in [2.24, 2.45) is 5.92 Å². The van der Waals surface area contributed by atoms with Crippen molar-refractivity contribution in [1.29, 1.82) is 0 Å². The highest BCUT2D eigenvalue weighted by Gasteiger charge is 2.27. The number of aromatic nitrogens is 1. The summed E-state index contributed by atoms with van der Waals surface area (Å²) in [6.07, 6.45) is 6.48. The van der Waals surface area contributed by atoms with Crippen LogP contribution in [-0.2, 0) is 22.6 Å². The SMILES string of the molecule is COc1ccc(CCC(=O)NC(c2cccnc2)C2CCOCC2)cc1OCc1ccccc1. The summed E-state index contributed by atoms with van der Waals surface area (Å²) in [5.74, 6) is 1.74. The van der Waals surface area contributed by atoms with Crippen molar-refractivity contribution in [3.8, 4) is 11.5 Å². The maximum absolute atomic E-state index is 12.9. The molecule has 1 saturated heterocycles. The van der Waals surface area contributed by atoms with E-state index >= 15 is 0 Å². The van der Waals surface area contributed by atoms with Crippen molar-refractivity contribution >= 4 is 5.91 Å². The molecule has 6 nitrogen and oxygen atoms in total. The van der Waals surface area contributed by atoms with Gasteiger partial charge in [-0.3, -0.25) is 9.78 Å². The van der Waals surface area contributed by atoms with Crippen molar-refractivity contribution < 1.29 is 19.0 Å². The molecule has 6 heteroatoms. The van der Waals surface area contributed by atoms with E-state index in [2.05, 4.69) is 10.3 Å². The molecule has 3 aromatic rings. The highest BCUT2D eigenvalue weighted by atomic mass is 16.5. The van der Waals surface area contributed by atoms with Gasteiger partial charge >= 0.3 is 0 Å². The van der Waals surface area contributed by atoms with Crippen LogP contribution < -0.4 is 14.8 Å². The lowest BCUT2D eigenvalue weighted by molar-refractivity contribution is -0.122. The molecule has 1 fully saturated rings. The molecule has 1 unspecified atom stereocenters. The number of carbonyl (C=O) groups excluding carboxylic acids is 1. The van der Waals surface area contributed by atoms with Crippen LogP contribution in [-0.4, -0.2) is 31.2 Å². The third kappa shape index (κ3) is 6.58. The van der Waals surface area contributed by atoms with Crippen molar-refractivity contribution in [3.63, 3.8) is 0 Å². The first-order chi connectivity index (χ1) is 16.7. The van der Waals surface area contributed by atoms with Crippen molar-refractivity contribution in [1.82, 2.24) is 10.3 Å². The Labute approximate surface area is 201 Å². The molecule has 2 aromatic carbocycles. The molecule has 0 radical (unpaired) electrons. The minimum absolute atomic E-state index is 0.0305. The number of carbonyl (C=O) groups is 1. The van der Waals surface area contributed by atoms with E-state index in [9.17, 15) is 4.79 Å². The zero-order valence-electron chi connectivity index (χ0n) is 19.6. The Morgan fingerprint density at radius 3 is 2.62 bits per heavy atom. The molecule has 2 heterocycles. The molecule has 1 aliphatic rings. The number of pyridine rings is 1. The maximum atomic E-state index is 12.9. The van der Waals surface area contributed by atoms with E-state index in [1.165, 1.54) is 0 Å². The van der Waals surface area contributed by atoms with Crippen molar-refractivity contribution in [2.45, 2.75) is 38.3 Å². The maximum Gasteiger partial charge on any atom is 0.220 e. The van der Waals surface area contributed by atoms with E-state index < -0.39 is 0 Å². The Morgan fingerprint density at radius 2 is 1.88 bits per heavy atom. The van der Waals surface area contributed by atoms with Crippen LogP contribution in [0.5, 0.6) is 11.5 Å². The van der Waals surface area contributed by atoms with Crippen molar-refractivity contribution in [3.05, 3.63) is 89.7 Å². The van der Waals surface area contributed by atoms with Crippen LogP contribution in [0.3, 0.4) is 0 Å². The number of rotatable bonds is 10. The number of benzene rings is 2. The highest BCUT2D eigenvalue weighted by Crippen LogP contribution is 2.31. The summed E-state index contributed by atoms with van der Waals surface area (Å²) in [4.78, 5) is 17.2. The zero-order chi connectivity index (χ0) is 23.6. The first-order valence-electron chi connectivity index (χ1n) is 11.8. The van der Waals surface area contributed by atoms with E-state index in [1.54, 1.807) is 13.3 Å². The first-order valence-corrected chi connectivity index (χ1v) is 11.8. The Hall–Kier alpha value is -3.38. The summed E-state index contributed by atoms with van der Waals surface area (Å²) < 4.78 is 17.0. The lowest BCUT2D eigenvalue weighted by Crippen LogP contribution is -2.36. The largest absolute Gasteiger partial charge is 0.493 e. The van der Waals surface area contributed by atoms with Gasteiger partial charge < -0.3 is 19.5 Å². The summed E-state index contributed by atoms with van der Waals surface area (Å²) >= 11 is 0. The molecule has 34 heavy (non-hydrogen) atoms. The fourth-order valence-corrected chi connectivity index (χ4v) is 4.31. The normalized spacial score (nSPS) is 14.9. The van der Waals surface area contributed by atoms with Gasteiger partial charge in [-0.1, -0.05) is 42.5 Å². The second kappa shape index (κ2) is 12.2. The predicted molar refractivity (Wildman–Crippen MR) is 131 cm³/mol. The Balaban J connectivity index is 1.38. The Bertz CT molecular complexity index is 1040. The van der Waals surface area contributed by atoms with E-state index in [0.717, 1.165) is 42.7 Å². The van der Waals surface area contributed by atoms with Crippen LogP contribution in [0.25, 0.3) is 0 Å². The average molecular weight is 461 g/mol. The second-order valence-electron chi connectivity index (χ2n) is 8.54. The van der Waals surface area contributed by atoms with Gasteiger partial charge in [-0.25, -0.2) is 0 Å². The summed E-state index contributed by atoms with van der Waals surface area (Å²) in [5, 5.41) is 3.27. The molecule has 4 rings (SSSR count). The molecule has 1 N–H and O–H groups in total. The first kappa shape index (κ1) is 23.8. The Kier molecular flexibility index (Phi) is 8.52. The second-order valence-corrected chi connectivity index (χ2v) is 8.54. The highest BCUT2D eigenvalue weighted by molar-refractivity contribution is 5.76. The van der Waals surface area contributed by atoms with Crippen LogP contribution in [0.2, 0.25) is 0 Å². The van der Waals surface area contributed by atoms with Gasteiger partial charge in [0.15, 0.2) is 11.5 Å². The van der Waals surface area contributed by atoms with Crippen LogP contribution >= 0.6 is 0 Å². The molecule has 178 valence electrons. The van der Waals surface area contributed by atoms with E-state index in [0.29, 0.717) is 36.9 Å². The molecule has 1 atom stereocenters. The van der Waals surface area contributed by atoms with Crippen molar-refractivity contribution in [2.75, 3.05) is 20.3 Å². The van der Waals surface area contributed by atoms with Gasteiger partial charge in [0.2, 0.25) is 5.91 Å². The van der Waals surface area contributed by atoms with Gasteiger partial charge in [-0.2, -0.15) is 0 Å². The van der Waals surface area contributed by atoms with E-state index in [4.69, 9.17) is 14.2 Å². The van der Waals surface area contributed by atoms with Gasteiger partial charge in [-0.05, 0) is 60.1 Å². The fraction of sp³-hybridized carbons (Fsp3) is 0.357. The summed E-state index contributed by atoms with van der Waals surface area (Å²) in [5.41, 5.74) is 3.16. The average Bonchev–Trinajstić information content (AvgIpc) is 2.91. The topological polar surface area (TPSA) is 69.7 Å².